The number of carbonyl (C=O) groups excluding carboxylic acids is 1. The van der Waals surface area contributed by atoms with Crippen LogP contribution in [0.4, 0.5) is 4.79 Å². The third-order valence-electron chi connectivity index (χ3n) is 2.97. The van der Waals surface area contributed by atoms with E-state index in [0.717, 1.165) is 18.7 Å². The van der Waals surface area contributed by atoms with E-state index in [0.29, 0.717) is 0 Å². The van der Waals surface area contributed by atoms with Crippen LogP contribution >= 0.6 is 0 Å². The predicted octanol–water partition coefficient (Wildman–Crippen LogP) is 1.35. The molecule has 0 bridgehead atoms. The highest BCUT2D eigenvalue weighted by Crippen LogP contribution is 2.22. The minimum Gasteiger partial charge on any atom is -0.444 e. The van der Waals surface area contributed by atoms with E-state index < -0.39 is 5.60 Å². The predicted molar refractivity (Wildman–Crippen MR) is 71.7 cm³/mol. The molecule has 6 heteroatoms. The molecule has 0 aromatic carbocycles. The first-order valence-corrected chi connectivity index (χ1v) is 6.56. The second kappa shape index (κ2) is 5.21. The van der Waals surface area contributed by atoms with Crippen LogP contribution in [0.25, 0.3) is 0 Å². The van der Waals surface area contributed by atoms with Gasteiger partial charge >= 0.3 is 6.09 Å². The van der Waals surface area contributed by atoms with Crippen LogP contribution in [0.15, 0.2) is 12.5 Å². The fraction of sp³-hybridized carbons (Fsp3) is 0.692. The number of rotatable bonds is 2. The molecule has 1 aromatic rings. The van der Waals surface area contributed by atoms with E-state index in [1.165, 1.54) is 0 Å². The third-order valence-corrected chi connectivity index (χ3v) is 2.97. The summed E-state index contributed by atoms with van der Waals surface area (Å²) in [5, 5.41) is 6.28. The van der Waals surface area contributed by atoms with Crippen LogP contribution in [0.2, 0.25) is 0 Å². The van der Waals surface area contributed by atoms with Gasteiger partial charge in [0.2, 0.25) is 0 Å². The van der Waals surface area contributed by atoms with Gasteiger partial charge < -0.3 is 19.9 Å². The summed E-state index contributed by atoms with van der Waals surface area (Å²) in [6.07, 6.45) is 4.23. The topological polar surface area (TPSA) is 68.2 Å². The van der Waals surface area contributed by atoms with Crippen LogP contribution in [-0.2, 0) is 11.8 Å². The van der Waals surface area contributed by atoms with Crippen molar-refractivity contribution in [2.75, 3.05) is 6.54 Å². The van der Waals surface area contributed by atoms with Gasteiger partial charge in [-0.2, -0.15) is 0 Å². The average molecular weight is 266 g/mol. The Balaban J connectivity index is 1.98. The minimum atomic E-state index is -0.476. The molecular weight excluding hydrogens is 244 g/mol. The number of aryl methyl sites for hydroxylation is 1. The minimum absolute atomic E-state index is 0.0183. The Morgan fingerprint density at radius 1 is 1.58 bits per heavy atom. The van der Waals surface area contributed by atoms with Crippen LogP contribution in [0, 0.1) is 0 Å². The number of nitrogens with zero attached hydrogens (tertiary/aromatic N) is 2. The summed E-state index contributed by atoms with van der Waals surface area (Å²) < 4.78 is 7.19. The average Bonchev–Trinajstić information content (AvgIpc) is 2.83. The quantitative estimate of drug-likeness (QED) is 0.848. The molecule has 1 amide bonds. The molecule has 1 fully saturated rings. The van der Waals surface area contributed by atoms with Gasteiger partial charge in [-0.1, -0.05) is 0 Å². The Kier molecular flexibility index (Phi) is 3.80. The highest BCUT2D eigenvalue weighted by atomic mass is 16.6. The number of nitrogens with one attached hydrogen (secondary N) is 2. The maximum absolute atomic E-state index is 11.8. The number of amides is 1. The second-order valence-electron chi connectivity index (χ2n) is 5.94. The number of carbonyl (C=O) groups is 1. The molecule has 0 saturated carbocycles. The molecule has 0 radical (unpaired) electrons. The summed E-state index contributed by atoms with van der Waals surface area (Å²) in [6, 6.07) is 0.0680. The number of alkyl carbamates (subject to hydrolysis) is 1. The molecule has 106 valence electrons. The molecule has 1 saturated heterocycles. The monoisotopic (exact) mass is 266 g/mol. The molecule has 0 spiro atoms. The van der Waals surface area contributed by atoms with Crippen molar-refractivity contribution in [3.63, 3.8) is 0 Å². The zero-order valence-electron chi connectivity index (χ0n) is 11.9. The van der Waals surface area contributed by atoms with Crippen LogP contribution in [0.1, 0.15) is 38.9 Å². The van der Waals surface area contributed by atoms with Gasteiger partial charge in [-0.15, -0.1) is 0 Å². The zero-order valence-corrected chi connectivity index (χ0v) is 11.9. The van der Waals surface area contributed by atoms with Gasteiger partial charge in [0, 0.05) is 13.2 Å². The van der Waals surface area contributed by atoms with Crippen LogP contribution in [-0.4, -0.2) is 33.8 Å². The summed E-state index contributed by atoms with van der Waals surface area (Å²) in [5.74, 6) is 0. The lowest BCUT2D eigenvalue weighted by Gasteiger charge is -2.23. The molecule has 2 rings (SSSR count). The number of imidazole rings is 1. The summed E-state index contributed by atoms with van der Waals surface area (Å²) in [4.78, 5) is 16.1. The molecule has 19 heavy (non-hydrogen) atoms. The van der Waals surface area contributed by atoms with Gasteiger partial charge in [0.15, 0.2) is 0 Å². The van der Waals surface area contributed by atoms with Gasteiger partial charge in [0.25, 0.3) is 0 Å². The van der Waals surface area contributed by atoms with Gasteiger partial charge in [0.1, 0.15) is 5.60 Å². The lowest BCUT2D eigenvalue weighted by atomic mass is 10.1. The Labute approximate surface area is 113 Å². The molecule has 1 aromatic heterocycles. The van der Waals surface area contributed by atoms with Crippen molar-refractivity contribution in [3.05, 3.63) is 18.2 Å². The second-order valence-corrected chi connectivity index (χ2v) is 5.94. The maximum atomic E-state index is 11.8. The fourth-order valence-corrected chi connectivity index (χ4v) is 2.22. The van der Waals surface area contributed by atoms with Gasteiger partial charge in [-0.25, -0.2) is 9.78 Å². The maximum Gasteiger partial charge on any atom is 0.407 e. The van der Waals surface area contributed by atoms with Crippen molar-refractivity contribution in [1.29, 1.82) is 0 Å². The Hall–Kier alpha value is -1.56. The lowest BCUT2D eigenvalue weighted by molar-refractivity contribution is 0.0500. The lowest BCUT2D eigenvalue weighted by Crippen LogP contribution is -2.41. The van der Waals surface area contributed by atoms with E-state index in [-0.39, 0.29) is 18.2 Å². The first-order valence-electron chi connectivity index (χ1n) is 6.56. The number of ether oxygens (including phenoxy) is 1. The van der Waals surface area contributed by atoms with Crippen molar-refractivity contribution >= 4 is 6.09 Å². The Bertz CT molecular complexity index is 450. The van der Waals surface area contributed by atoms with Crippen molar-refractivity contribution in [2.24, 2.45) is 7.05 Å². The summed E-state index contributed by atoms with van der Waals surface area (Å²) in [7, 11) is 1.93. The summed E-state index contributed by atoms with van der Waals surface area (Å²) >= 11 is 0. The van der Waals surface area contributed by atoms with E-state index in [1.54, 1.807) is 6.33 Å². The van der Waals surface area contributed by atoms with Crippen molar-refractivity contribution in [3.8, 4) is 0 Å². The van der Waals surface area contributed by atoms with E-state index in [1.807, 2.05) is 38.6 Å². The highest BCUT2D eigenvalue weighted by molar-refractivity contribution is 5.68. The molecule has 0 aliphatic carbocycles. The van der Waals surface area contributed by atoms with Crippen molar-refractivity contribution in [2.45, 2.75) is 44.9 Å². The first-order chi connectivity index (χ1) is 8.85. The van der Waals surface area contributed by atoms with E-state index in [2.05, 4.69) is 15.6 Å². The first kappa shape index (κ1) is 13.9. The third kappa shape index (κ3) is 3.70. The van der Waals surface area contributed by atoms with E-state index in [9.17, 15) is 4.79 Å². The fourth-order valence-electron chi connectivity index (χ4n) is 2.22. The Morgan fingerprint density at radius 2 is 2.32 bits per heavy atom. The van der Waals surface area contributed by atoms with E-state index >= 15 is 0 Å². The molecule has 2 N–H and O–H groups in total. The smallest absolute Gasteiger partial charge is 0.407 e. The zero-order chi connectivity index (χ0) is 14.0. The SMILES string of the molecule is Cn1cnc([C@@H]2NCC[C@H]2NC(=O)OC(C)(C)C)c1. The number of hydrogen-bond acceptors (Lipinski definition) is 4. The van der Waals surface area contributed by atoms with Crippen molar-refractivity contribution < 1.29 is 9.53 Å². The van der Waals surface area contributed by atoms with Crippen LogP contribution in [0.5, 0.6) is 0 Å². The summed E-state index contributed by atoms with van der Waals surface area (Å²) in [6.45, 7) is 6.43. The Morgan fingerprint density at radius 3 is 2.89 bits per heavy atom. The van der Waals surface area contributed by atoms with Crippen LogP contribution < -0.4 is 10.6 Å². The number of aromatic nitrogens is 2. The van der Waals surface area contributed by atoms with Gasteiger partial charge in [-0.05, 0) is 33.7 Å². The van der Waals surface area contributed by atoms with Gasteiger partial charge in [0.05, 0.1) is 24.1 Å². The highest BCUT2D eigenvalue weighted by Gasteiger charge is 2.32. The van der Waals surface area contributed by atoms with Crippen LogP contribution in [0.3, 0.4) is 0 Å². The van der Waals surface area contributed by atoms with Crippen molar-refractivity contribution in [1.82, 2.24) is 20.2 Å². The normalized spacial score (nSPS) is 23.4. The molecular formula is C13H22N4O2. The molecule has 1 aliphatic heterocycles. The van der Waals surface area contributed by atoms with Gasteiger partial charge in [-0.3, -0.25) is 0 Å². The van der Waals surface area contributed by atoms with E-state index in [4.69, 9.17) is 4.74 Å². The molecule has 2 atom stereocenters. The molecule has 0 unspecified atom stereocenters. The molecule has 1 aliphatic rings. The largest absolute Gasteiger partial charge is 0.444 e. The number of hydrogen-bond donors (Lipinski definition) is 2. The standard InChI is InChI=1S/C13H22N4O2/c1-13(2,3)19-12(18)16-9-5-6-14-11(9)10-7-17(4)8-15-10/h7-9,11,14H,5-6H2,1-4H3,(H,16,18)/t9-,11-/m1/s1. The molecule has 6 nitrogen and oxygen atoms in total. The summed E-state index contributed by atoms with van der Waals surface area (Å²) in [5.41, 5.74) is 0.470. The molecule has 2 heterocycles.